The third kappa shape index (κ3) is 3.81. The van der Waals surface area contributed by atoms with Crippen LogP contribution in [0.2, 0.25) is 18.6 Å². The van der Waals surface area contributed by atoms with Crippen LogP contribution in [0.5, 0.6) is 0 Å². The highest BCUT2D eigenvalue weighted by molar-refractivity contribution is 6.72. The minimum absolute atomic E-state index is 0.475. The lowest BCUT2D eigenvalue weighted by Crippen LogP contribution is -2.33. The lowest BCUT2D eigenvalue weighted by Gasteiger charge is -2.28. The first-order valence-corrected chi connectivity index (χ1v) is 7.39. The summed E-state index contributed by atoms with van der Waals surface area (Å²) in [6.45, 7) is 14.9. The largest absolute Gasteiger partial charge is 0.520 e. The summed E-state index contributed by atoms with van der Waals surface area (Å²) in [4.78, 5) is 0. The van der Waals surface area contributed by atoms with Crippen molar-refractivity contribution in [3.8, 4) is 0 Å². The standard InChI is InChI=1S/C9H20O2Si/c1-7-10-9(4)11-12(5,6)8(2)3/h8H,4,7H2,1-3,5-6H3. The van der Waals surface area contributed by atoms with E-state index in [-0.39, 0.29) is 0 Å². The SMILES string of the molecule is C=C(OCC)O[Si](C)(C)C(C)C. The van der Waals surface area contributed by atoms with E-state index in [1.807, 2.05) is 6.92 Å². The van der Waals surface area contributed by atoms with Crippen LogP contribution in [0.15, 0.2) is 12.5 Å². The topological polar surface area (TPSA) is 18.5 Å². The maximum absolute atomic E-state index is 5.66. The van der Waals surface area contributed by atoms with Gasteiger partial charge in [0.2, 0.25) is 0 Å². The molecule has 3 heteroatoms. The number of ether oxygens (including phenoxy) is 1. The van der Waals surface area contributed by atoms with Crippen molar-refractivity contribution < 1.29 is 9.16 Å². The highest BCUT2D eigenvalue weighted by Crippen LogP contribution is 2.23. The molecule has 0 radical (unpaired) electrons. The molecule has 0 bridgehead atoms. The molecular weight excluding hydrogens is 168 g/mol. The molecule has 0 N–H and O–H groups in total. The molecule has 0 heterocycles. The van der Waals surface area contributed by atoms with Crippen LogP contribution in [-0.2, 0) is 9.16 Å². The van der Waals surface area contributed by atoms with Crippen LogP contribution in [0.1, 0.15) is 20.8 Å². The van der Waals surface area contributed by atoms with E-state index in [1.165, 1.54) is 0 Å². The molecule has 0 aliphatic heterocycles. The Bertz CT molecular complexity index is 153. The zero-order valence-electron chi connectivity index (χ0n) is 8.81. The van der Waals surface area contributed by atoms with E-state index in [1.54, 1.807) is 0 Å². The van der Waals surface area contributed by atoms with E-state index in [2.05, 4.69) is 33.5 Å². The molecule has 0 amide bonds. The Morgan fingerprint density at radius 2 is 1.92 bits per heavy atom. The number of hydrogen-bond acceptors (Lipinski definition) is 2. The average Bonchev–Trinajstić information content (AvgIpc) is 1.85. The van der Waals surface area contributed by atoms with Crippen LogP contribution in [0.25, 0.3) is 0 Å². The minimum Gasteiger partial charge on any atom is -0.520 e. The summed E-state index contributed by atoms with van der Waals surface area (Å²) in [7, 11) is -1.61. The Morgan fingerprint density at radius 1 is 1.42 bits per heavy atom. The lowest BCUT2D eigenvalue weighted by atomic mass is 10.6. The Kier molecular flexibility index (Phi) is 4.38. The van der Waals surface area contributed by atoms with Crippen LogP contribution >= 0.6 is 0 Å². The van der Waals surface area contributed by atoms with Gasteiger partial charge in [0.15, 0.2) is 0 Å². The molecule has 0 aliphatic rings. The first-order chi connectivity index (χ1) is 5.40. The summed E-state index contributed by atoms with van der Waals surface area (Å²) in [5.41, 5.74) is 0.578. The van der Waals surface area contributed by atoms with E-state index in [0.29, 0.717) is 18.1 Å². The zero-order valence-corrected chi connectivity index (χ0v) is 9.81. The zero-order chi connectivity index (χ0) is 9.78. The van der Waals surface area contributed by atoms with E-state index in [4.69, 9.17) is 9.16 Å². The molecule has 0 unspecified atom stereocenters. The molecule has 0 aromatic rings. The highest BCUT2D eigenvalue weighted by Gasteiger charge is 2.29. The second-order valence-electron chi connectivity index (χ2n) is 3.67. The van der Waals surface area contributed by atoms with Crippen molar-refractivity contribution in [2.45, 2.75) is 39.4 Å². The normalized spacial score (nSPS) is 11.5. The third-order valence-corrected chi connectivity index (χ3v) is 5.61. The molecule has 12 heavy (non-hydrogen) atoms. The van der Waals surface area contributed by atoms with E-state index in [0.717, 1.165) is 0 Å². The van der Waals surface area contributed by atoms with Gasteiger partial charge in [0.25, 0.3) is 14.3 Å². The molecule has 0 aromatic heterocycles. The van der Waals surface area contributed by atoms with Crippen molar-refractivity contribution in [1.82, 2.24) is 0 Å². The van der Waals surface area contributed by atoms with Gasteiger partial charge >= 0.3 is 0 Å². The number of hydrogen-bond donors (Lipinski definition) is 0. The predicted molar refractivity (Wildman–Crippen MR) is 54.4 cm³/mol. The van der Waals surface area contributed by atoms with Gasteiger partial charge in [-0.15, -0.1) is 0 Å². The van der Waals surface area contributed by atoms with Crippen molar-refractivity contribution in [3.63, 3.8) is 0 Å². The van der Waals surface area contributed by atoms with Gasteiger partial charge in [-0.25, -0.2) is 0 Å². The smallest absolute Gasteiger partial charge is 0.257 e. The molecule has 0 atom stereocenters. The molecule has 72 valence electrons. The van der Waals surface area contributed by atoms with Gasteiger partial charge < -0.3 is 9.16 Å². The van der Waals surface area contributed by atoms with Gasteiger partial charge in [-0.05, 0) is 32.1 Å². The van der Waals surface area contributed by atoms with Crippen LogP contribution < -0.4 is 0 Å². The molecule has 0 saturated carbocycles. The molecule has 0 rings (SSSR count). The predicted octanol–water partition coefficient (Wildman–Crippen LogP) is 3.13. The monoisotopic (exact) mass is 188 g/mol. The van der Waals surface area contributed by atoms with Crippen LogP contribution in [0, 0.1) is 0 Å². The van der Waals surface area contributed by atoms with Crippen LogP contribution in [-0.4, -0.2) is 14.9 Å². The van der Waals surface area contributed by atoms with Gasteiger partial charge in [0.05, 0.1) is 6.61 Å². The summed E-state index contributed by atoms with van der Waals surface area (Å²) in [6, 6.07) is 0. The molecule has 0 aliphatic carbocycles. The van der Waals surface area contributed by atoms with Crippen LogP contribution in [0.3, 0.4) is 0 Å². The molecule has 2 nitrogen and oxygen atoms in total. The van der Waals surface area contributed by atoms with Gasteiger partial charge in [0, 0.05) is 0 Å². The van der Waals surface area contributed by atoms with Gasteiger partial charge in [0.1, 0.15) is 0 Å². The average molecular weight is 188 g/mol. The van der Waals surface area contributed by atoms with Crippen LogP contribution in [0.4, 0.5) is 0 Å². The van der Waals surface area contributed by atoms with Crippen molar-refractivity contribution in [3.05, 3.63) is 12.5 Å². The highest BCUT2D eigenvalue weighted by atomic mass is 28.4. The summed E-state index contributed by atoms with van der Waals surface area (Å²) in [5, 5.41) is 0. The Morgan fingerprint density at radius 3 is 2.25 bits per heavy atom. The van der Waals surface area contributed by atoms with E-state index in [9.17, 15) is 0 Å². The van der Waals surface area contributed by atoms with Crippen molar-refractivity contribution in [2.75, 3.05) is 6.61 Å². The summed E-state index contributed by atoms with van der Waals surface area (Å²) in [6.07, 6.45) is 0. The van der Waals surface area contributed by atoms with E-state index < -0.39 is 8.32 Å². The van der Waals surface area contributed by atoms with Crippen molar-refractivity contribution in [2.24, 2.45) is 0 Å². The second-order valence-corrected chi connectivity index (χ2v) is 8.23. The summed E-state index contributed by atoms with van der Waals surface area (Å²) < 4.78 is 10.8. The fourth-order valence-electron chi connectivity index (χ4n) is 0.602. The second kappa shape index (κ2) is 4.55. The molecule has 0 saturated heterocycles. The third-order valence-electron chi connectivity index (χ3n) is 2.07. The Labute approximate surface area is 76.7 Å². The van der Waals surface area contributed by atoms with E-state index >= 15 is 0 Å². The lowest BCUT2D eigenvalue weighted by molar-refractivity contribution is 0.112. The molecule has 0 fully saturated rings. The molecule has 0 aromatic carbocycles. The molecule has 0 spiro atoms. The first kappa shape index (κ1) is 11.6. The molecular formula is C9H20O2Si. The first-order valence-electron chi connectivity index (χ1n) is 4.41. The fraction of sp³-hybridized carbons (Fsp3) is 0.778. The van der Waals surface area contributed by atoms with Gasteiger partial charge in [-0.3, -0.25) is 0 Å². The Hall–Kier alpha value is -0.443. The minimum atomic E-state index is -1.61. The van der Waals surface area contributed by atoms with Gasteiger partial charge in [-0.2, -0.15) is 0 Å². The van der Waals surface area contributed by atoms with Crippen molar-refractivity contribution in [1.29, 1.82) is 0 Å². The maximum Gasteiger partial charge on any atom is 0.257 e. The quantitative estimate of drug-likeness (QED) is 0.487. The van der Waals surface area contributed by atoms with Crippen molar-refractivity contribution >= 4 is 8.32 Å². The van der Waals surface area contributed by atoms with Gasteiger partial charge in [-0.1, -0.05) is 13.8 Å². The summed E-state index contributed by atoms with van der Waals surface area (Å²) in [5.74, 6) is 0.475. The Balaban J connectivity index is 3.97. The summed E-state index contributed by atoms with van der Waals surface area (Å²) >= 11 is 0. The number of rotatable bonds is 5. The fourth-order valence-corrected chi connectivity index (χ4v) is 1.48. The maximum atomic E-state index is 5.66.